The summed E-state index contributed by atoms with van der Waals surface area (Å²) in [5.74, 6) is -2.36. The van der Waals surface area contributed by atoms with Crippen LogP contribution >= 0.6 is 0 Å². The highest BCUT2D eigenvalue weighted by atomic mass is 19.4. The predicted molar refractivity (Wildman–Crippen MR) is 61.9 cm³/mol. The Balaban J connectivity index is 2.60. The molecule has 1 aliphatic rings. The van der Waals surface area contributed by atoms with E-state index in [1.54, 1.807) is 0 Å². The van der Waals surface area contributed by atoms with E-state index in [9.17, 15) is 22.0 Å². The smallest absolute Gasteiger partial charge is 0.229 e. The molecule has 0 spiro atoms. The van der Waals surface area contributed by atoms with Crippen LogP contribution in [0.3, 0.4) is 0 Å². The number of aliphatic imine (C=N–C) groups is 1. The first-order chi connectivity index (χ1) is 8.71. The van der Waals surface area contributed by atoms with E-state index < -0.39 is 23.5 Å². The maximum absolute atomic E-state index is 14.0. The summed E-state index contributed by atoms with van der Waals surface area (Å²) in [4.78, 5) is 3.48. The molecule has 0 unspecified atom stereocenters. The first kappa shape index (κ1) is 13.7. The molecule has 1 aromatic rings. The Morgan fingerprint density at radius 2 is 1.74 bits per heavy atom. The quantitative estimate of drug-likeness (QED) is 0.522. The van der Waals surface area contributed by atoms with Gasteiger partial charge < -0.3 is 0 Å². The van der Waals surface area contributed by atoms with Gasteiger partial charge in [0.1, 0.15) is 5.82 Å². The van der Waals surface area contributed by atoms with Crippen LogP contribution in [0.4, 0.5) is 22.0 Å². The van der Waals surface area contributed by atoms with Crippen molar-refractivity contribution >= 4 is 11.3 Å². The summed E-state index contributed by atoms with van der Waals surface area (Å²) >= 11 is 0. The molecule has 0 fully saturated rings. The van der Waals surface area contributed by atoms with E-state index in [-0.39, 0.29) is 23.1 Å². The lowest BCUT2D eigenvalue weighted by Crippen LogP contribution is -2.12. The maximum atomic E-state index is 14.0. The number of nitrogens with zero attached hydrogens (tertiary/aromatic N) is 1. The molecule has 0 atom stereocenters. The number of benzene rings is 1. The summed E-state index contributed by atoms with van der Waals surface area (Å²) in [6.07, 6.45) is -4.79. The number of aryl methyl sites for hydroxylation is 1. The summed E-state index contributed by atoms with van der Waals surface area (Å²) in [6, 6.07) is 2.29. The van der Waals surface area contributed by atoms with Crippen molar-refractivity contribution in [2.24, 2.45) is 4.99 Å². The second-order valence-corrected chi connectivity index (χ2v) is 4.41. The second-order valence-electron chi connectivity index (χ2n) is 4.41. The van der Waals surface area contributed by atoms with E-state index in [2.05, 4.69) is 4.99 Å². The molecule has 1 nitrogen and oxygen atoms in total. The third-order valence-electron chi connectivity index (χ3n) is 2.93. The molecule has 19 heavy (non-hydrogen) atoms. The summed E-state index contributed by atoms with van der Waals surface area (Å²) < 4.78 is 65.8. The largest absolute Gasteiger partial charge is 0.419 e. The minimum atomic E-state index is -4.81. The molecule has 1 aliphatic heterocycles. The molecule has 0 saturated carbocycles. The molecule has 6 heteroatoms. The Morgan fingerprint density at radius 3 is 2.21 bits per heavy atom. The van der Waals surface area contributed by atoms with E-state index in [0.29, 0.717) is 5.71 Å². The van der Waals surface area contributed by atoms with Crippen LogP contribution in [0, 0.1) is 12.7 Å². The van der Waals surface area contributed by atoms with Crippen LogP contribution in [-0.4, -0.2) is 5.71 Å². The molecule has 0 radical (unpaired) electrons. The highest BCUT2D eigenvalue weighted by Gasteiger charge is 2.37. The third kappa shape index (κ3) is 2.39. The van der Waals surface area contributed by atoms with Gasteiger partial charge in [0.25, 0.3) is 0 Å². The SMILES string of the molecule is CC1=NC(F)=C(c2ccc(C)c(C(F)(F)F)c2F)C1. The Hall–Kier alpha value is -1.72. The van der Waals surface area contributed by atoms with Gasteiger partial charge in [-0.05, 0) is 19.4 Å². The molecule has 0 bridgehead atoms. The normalized spacial score (nSPS) is 16.1. The lowest BCUT2D eigenvalue weighted by molar-refractivity contribution is -0.140. The Labute approximate surface area is 106 Å². The van der Waals surface area contributed by atoms with Gasteiger partial charge >= 0.3 is 6.18 Å². The van der Waals surface area contributed by atoms with Gasteiger partial charge in [-0.3, -0.25) is 0 Å². The molecule has 1 aromatic carbocycles. The van der Waals surface area contributed by atoms with Crippen molar-refractivity contribution in [2.75, 3.05) is 0 Å². The van der Waals surface area contributed by atoms with Crippen LogP contribution in [0.15, 0.2) is 23.1 Å². The zero-order valence-corrected chi connectivity index (χ0v) is 10.2. The number of allylic oxidation sites excluding steroid dienone is 1. The Bertz CT molecular complexity index is 596. The van der Waals surface area contributed by atoms with Crippen molar-refractivity contribution in [3.05, 3.63) is 40.6 Å². The van der Waals surface area contributed by atoms with Crippen molar-refractivity contribution in [1.82, 2.24) is 0 Å². The maximum Gasteiger partial charge on any atom is 0.419 e. The van der Waals surface area contributed by atoms with E-state index in [1.807, 2.05) is 0 Å². The molecule has 102 valence electrons. The lowest BCUT2D eigenvalue weighted by atomic mass is 9.96. The first-order valence-corrected chi connectivity index (χ1v) is 5.51. The molecule has 0 aliphatic carbocycles. The number of alkyl halides is 3. The van der Waals surface area contributed by atoms with Gasteiger partial charge in [-0.2, -0.15) is 17.6 Å². The summed E-state index contributed by atoms with van der Waals surface area (Å²) in [5, 5.41) is 0. The number of hydrogen-bond acceptors (Lipinski definition) is 1. The van der Waals surface area contributed by atoms with Gasteiger partial charge in [-0.25, -0.2) is 9.38 Å². The van der Waals surface area contributed by atoms with Crippen molar-refractivity contribution in [1.29, 1.82) is 0 Å². The molecular weight excluding hydrogens is 265 g/mol. The van der Waals surface area contributed by atoms with Crippen LogP contribution in [0.5, 0.6) is 0 Å². The standard InChI is InChI=1S/C13H10F5N/c1-6-3-4-8(9-5-7(2)19-12(9)15)11(14)10(6)13(16,17)18/h3-4H,5H2,1-2H3. The predicted octanol–water partition coefficient (Wildman–Crippen LogP) is 4.66. The second kappa shape index (κ2) is 4.43. The summed E-state index contributed by atoms with van der Waals surface area (Å²) in [7, 11) is 0. The Morgan fingerprint density at radius 1 is 1.11 bits per heavy atom. The molecule has 2 rings (SSSR count). The number of rotatable bonds is 1. The zero-order valence-electron chi connectivity index (χ0n) is 10.2. The fourth-order valence-electron chi connectivity index (χ4n) is 2.06. The third-order valence-corrected chi connectivity index (χ3v) is 2.93. The van der Waals surface area contributed by atoms with E-state index >= 15 is 0 Å². The molecule has 1 heterocycles. The van der Waals surface area contributed by atoms with Crippen LogP contribution in [0.1, 0.15) is 30.0 Å². The average molecular weight is 275 g/mol. The summed E-state index contributed by atoms with van der Waals surface area (Å²) in [5.41, 5.74) is -1.70. The van der Waals surface area contributed by atoms with Gasteiger partial charge in [-0.15, -0.1) is 0 Å². The molecule has 0 N–H and O–H groups in total. The lowest BCUT2D eigenvalue weighted by Gasteiger charge is -2.14. The molecule has 0 saturated heterocycles. The molecule has 0 amide bonds. The van der Waals surface area contributed by atoms with Crippen LogP contribution in [0.2, 0.25) is 0 Å². The van der Waals surface area contributed by atoms with Crippen molar-refractivity contribution in [3.8, 4) is 0 Å². The Kier molecular flexibility index (Phi) is 3.20. The number of hydrogen-bond donors (Lipinski definition) is 0. The van der Waals surface area contributed by atoms with E-state index in [4.69, 9.17) is 0 Å². The van der Waals surface area contributed by atoms with Crippen LogP contribution in [-0.2, 0) is 6.18 Å². The highest BCUT2D eigenvalue weighted by Crippen LogP contribution is 2.39. The fraction of sp³-hybridized carbons (Fsp3) is 0.308. The van der Waals surface area contributed by atoms with Crippen LogP contribution in [0.25, 0.3) is 5.57 Å². The van der Waals surface area contributed by atoms with Crippen molar-refractivity contribution in [2.45, 2.75) is 26.4 Å². The summed E-state index contributed by atoms with van der Waals surface area (Å²) in [6.45, 7) is 2.69. The monoisotopic (exact) mass is 275 g/mol. The zero-order chi connectivity index (χ0) is 14.4. The van der Waals surface area contributed by atoms with E-state index in [1.165, 1.54) is 6.92 Å². The fourth-order valence-corrected chi connectivity index (χ4v) is 2.06. The molecular formula is C13H10F5N. The van der Waals surface area contributed by atoms with Gasteiger partial charge in [0.05, 0.1) is 5.56 Å². The number of halogens is 5. The van der Waals surface area contributed by atoms with Gasteiger partial charge in [0.15, 0.2) is 0 Å². The minimum Gasteiger partial charge on any atom is -0.229 e. The van der Waals surface area contributed by atoms with E-state index in [0.717, 1.165) is 19.1 Å². The average Bonchev–Trinajstić information content (AvgIpc) is 2.56. The van der Waals surface area contributed by atoms with Gasteiger partial charge in [0.2, 0.25) is 5.95 Å². The molecule has 0 aromatic heterocycles. The van der Waals surface area contributed by atoms with Gasteiger partial charge in [-0.1, -0.05) is 12.1 Å². The highest BCUT2D eigenvalue weighted by molar-refractivity contribution is 5.97. The topological polar surface area (TPSA) is 12.4 Å². The minimum absolute atomic E-state index is 0.0170. The van der Waals surface area contributed by atoms with Crippen molar-refractivity contribution < 1.29 is 22.0 Å². The van der Waals surface area contributed by atoms with Gasteiger partial charge in [0, 0.05) is 23.3 Å². The first-order valence-electron chi connectivity index (χ1n) is 5.51. The van der Waals surface area contributed by atoms with Crippen LogP contribution < -0.4 is 0 Å². The van der Waals surface area contributed by atoms with Crippen molar-refractivity contribution in [3.63, 3.8) is 0 Å².